The molecule has 0 aliphatic rings. The molecule has 1 heterocycles. The molecule has 40 heavy (non-hydrogen) atoms. The Hall–Kier alpha value is -4.14. The van der Waals surface area contributed by atoms with Gasteiger partial charge in [0.25, 0.3) is 0 Å². The molecule has 214 valence electrons. The van der Waals surface area contributed by atoms with Crippen LogP contribution in [-0.2, 0) is 14.4 Å². The van der Waals surface area contributed by atoms with Crippen LogP contribution in [0.2, 0.25) is 0 Å². The maximum absolute atomic E-state index is 13.9. The number of carbonyl (C=O) groups is 3. The van der Waals surface area contributed by atoms with Crippen molar-refractivity contribution in [2.45, 2.75) is 78.3 Å². The summed E-state index contributed by atoms with van der Waals surface area (Å²) in [7, 11) is 1.57. The monoisotopic (exact) mass is 548 g/mol. The van der Waals surface area contributed by atoms with Crippen LogP contribution in [0.5, 0.6) is 5.75 Å². The van der Waals surface area contributed by atoms with E-state index in [1.54, 1.807) is 44.4 Å². The Kier molecular flexibility index (Phi) is 10.1. The van der Waals surface area contributed by atoms with Crippen molar-refractivity contribution < 1.29 is 23.6 Å². The van der Waals surface area contributed by atoms with E-state index in [0.717, 1.165) is 12.0 Å². The number of anilines is 2. The van der Waals surface area contributed by atoms with Gasteiger partial charge in [-0.05, 0) is 75.4 Å². The van der Waals surface area contributed by atoms with Crippen LogP contribution >= 0.6 is 0 Å². The Bertz CT molecular complexity index is 1290. The van der Waals surface area contributed by atoms with Crippen molar-refractivity contribution >= 4 is 29.2 Å². The van der Waals surface area contributed by atoms with E-state index in [-0.39, 0.29) is 36.4 Å². The van der Waals surface area contributed by atoms with Gasteiger partial charge in [-0.1, -0.05) is 43.3 Å². The fourth-order valence-electron chi connectivity index (χ4n) is 4.25. The number of nitrogens with one attached hydrogen (secondary N) is 2. The number of rotatable bonds is 11. The highest BCUT2D eigenvalue weighted by Crippen LogP contribution is 2.32. The largest absolute Gasteiger partial charge is 0.497 e. The number of hydrogen-bond acceptors (Lipinski definition) is 6. The van der Waals surface area contributed by atoms with E-state index in [4.69, 9.17) is 9.26 Å². The normalized spacial score (nSPS) is 12.8. The van der Waals surface area contributed by atoms with Gasteiger partial charge < -0.3 is 19.9 Å². The van der Waals surface area contributed by atoms with Gasteiger partial charge in [-0.3, -0.25) is 19.3 Å². The van der Waals surface area contributed by atoms with E-state index in [9.17, 15) is 14.4 Å². The lowest BCUT2D eigenvalue weighted by atomic mass is 9.97. The fraction of sp³-hybridized carbons (Fsp3) is 0.419. The van der Waals surface area contributed by atoms with Crippen LogP contribution in [0.15, 0.2) is 59.1 Å². The van der Waals surface area contributed by atoms with E-state index >= 15 is 0 Å². The molecule has 0 bridgehead atoms. The van der Waals surface area contributed by atoms with Crippen LogP contribution in [0.1, 0.15) is 82.7 Å². The lowest BCUT2D eigenvalue weighted by Gasteiger charge is -2.34. The molecule has 0 saturated heterocycles. The number of aromatic nitrogens is 1. The summed E-state index contributed by atoms with van der Waals surface area (Å²) in [5.41, 5.74) is 1.78. The molecule has 1 aromatic heterocycles. The summed E-state index contributed by atoms with van der Waals surface area (Å²) in [4.78, 5) is 41.8. The zero-order valence-electron chi connectivity index (χ0n) is 24.4. The highest BCUT2D eigenvalue weighted by Gasteiger charge is 2.34. The minimum atomic E-state index is -0.978. The van der Waals surface area contributed by atoms with Crippen molar-refractivity contribution in [2.24, 2.45) is 0 Å². The summed E-state index contributed by atoms with van der Waals surface area (Å²) in [5, 5.41) is 9.44. The maximum Gasteiger partial charge on any atom is 0.248 e. The molecule has 0 radical (unpaired) electrons. The van der Waals surface area contributed by atoms with Crippen LogP contribution in [0.25, 0.3) is 0 Å². The smallest absolute Gasteiger partial charge is 0.248 e. The third-order valence-electron chi connectivity index (χ3n) is 6.52. The molecule has 9 heteroatoms. The van der Waals surface area contributed by atoms with Crippen LogP contribution in [0.3, 0.4) is 0 Å². The van der Waals surface area contributed by atoms with E-state index < -0.39 is 11.6 Å². The molecule has 0 unspecified atom stereocenters. The molecule has 0 aliphatic carbocycles. The summed E-state index contributed by atoms with van der Waals surface area (Å²) in [6, 6.07) is 15.4. The highest BCUT2D eigenvalue weighted by molar-refractivity contribution is 6.03. The fourth-order valence-corrected chi connectivity index (χ4v) is 4.25. The van der Waals surface area contributed by atoms with Crippen LogP contribution in [-0.4, -0.2) is 35.5 Å². The lowest BCUT2D eigenvalue weighted by Crippen LogP contribution is -2.49. The zero-order valence-corrected chi connectivity index (χ0v) is 24.4. The number of ether oxygens (including phenoxy) is 1. The van der Waals surface area contributed by atoms with Crippen LogP contribution in [0, 0.1) is 6.92 Å². The molecule has 3 rings (SSSR count). The quantitative estimate of drug-likeness (QED) is 0.308. The first kappa shape index (κ1) is 30.4. The third kappa shape index (κ3) is 8.18. The van der Waals surface area contributed by atoms with Gasteiger partial charge >= 0.3 is 0 Å². The molecule has 2 atom stereocenters. The van der Waals surface area contributed by atoms with Gasteiger partial charge in [0.15, 0.2) is 5.82 Å². The Morgan fingerprint density at radius 1 is 1.00 bits per heavy atom. The number of carbonyl (C=O) groups excluding carboxylic acids is 3. The minimum Gasteiger partial charge on any atom is -0.497 e. The summed E-state index contributed by atoms with van der Waals surface area (Å²) < 4.78 is 10.3. The molecule has 0 aliphatic heterocycles. The Morgan fingerprint density at radius 2 is 1.62 bits per heavy atom. The van der Waals surface area contributed by atoms with Crippen LogP contribution in [0.4, 0.5) is 11.5 Å². The number of benzene rings is 2. The van der Waals surface area contributed by atoms with E-state index in [0.29, 0.717) is 28.7 Å². The van der Waals surface area contributed by atoms with Gasteiger partial charge in [0.05, 0.1) is 7.11 Å². The Labute approximate surface area is 236 Å². The summed E-state index contributed by atoms with van der Waals surface area (Å²) in [6.45, 7) is 11.6. The van der Waals surface area contributed by atoms with Crippen molar-refractivity contribution in [1.29, 1.82) is 0 Å². The number of aryl methyl sites for hydroxylation is 1. The van der Waals surface area contributed by atoms with Crippen molar-refractivity contribution in [2.75, 3.05) is 17.3 Å². The second-order valence-corrected chi connectivity index (χ2v) is 11.0. The minimum absolute atomic E-state index is 0.0948. The summed E-state index contributed by atoms with van der Waals surface area (Å²) >= 11 is 0. The highest BCUT2D eigenvalue weighted by atomic mass is 16.5. The van der Waals surface area contributed by atoms with Crippen molar-refractivity contribution in [3.8, 4) is 5.75 Å². The summed E-state index contributed by atoms with van der Waals surface area (Å²) in [6.07, 6.45) is 0.762. The predicted octanol–water partition coefficient (Wildman–Crippen LogP) is 5.91. The second-order valence-electron chi connectivity index (χ2n) is 11.0. The number of nitrogens with zero attached hydrogens (tertiary/aromatic N) is 2. The molecule has 0 saturated carbocycles. The van der Waals surface area contributed by atoms with Gasteiger partial charge in [-0.15, -0.1) is 0 Å². The SMILES string of the molecule is CC[C@@H](C)c1ccc(N(C(=O)CCC(=O)Nc2cc(C)on2)[C@@H](C(=O)NC(C)(C)C)c2ccc(OC)cc2)cc1. The van der Waals surface area contributed by atoms with Gasteiger partial charge in [0, 0.05) is 30.1 Å². The number of amides is 3. The Morgan fingerprint density at radius 3 is 2.15 bits per heavy atom. The van der Waals surface area contributed by atoms with Crippen molar-refractivity contribution in [3.63, 3.8) is 0 Å². The van der Waals surface area contributed by atoms with Gasteiger partial charge in [-0.2, -0.15) is 0 Å². The first-order chi connectivity index (χ1) is 18.9. The van der Waals surface area contributed by atoms with E-state index in [1.165, 1.54) is 4.90 Å². The topological polar surface area (TPSA) is 114 Å². The van der Waals surface area contributed by atoms with Crippen LogP contribution < -0.4 is 20.3 Å². The molecule has 3 aromatic rings. The molecule has 9 nitrogen and oxygen atoms in total. The number of methoxy groups -OCH3 is 1. The lowest BCUT2D eigenvalue weighted by molar-refractivity contribution is -0.128. The van der Waals surface area contributed by atoms with Gasteiger partial charge in [0.2, 0.25) is 17.7 Å². The molecule has 3 amide bonds. The van der Waals surface area contributed by atoms with Gasteiger partial charge in [0.1, 0.15) is 17.6 Å². The molecule has 0 spiro atoms. The predicted molar refractivity (Wildman–Crippen MR) is 155 cm³/mol. The van der Waals surface area contributed by atoms with Crippen molar-refractivity contribution in [3.05, 3.63) is 71.5 Å². The first-order valence-corrected chi connectivity index (χ1v) is 13.5. The maximum atomic E-state index is 13.9. The van der Waals surface area contributed by atoms with Gasteiger partial charge in [-0.25, -0.2) is 0 Å². The number of hydrogen-bond donors (Lipinski definition) is 2. The first-order valence-electron chi connectivity index (χ1n) is 13.5. The molecular weight excluding hydrogens is 508 g/mol. The second kappa shape index (κ2) is 13.3. The van der Waals surface area contributed by atoms with Crippen molar-refractivity contribution in [1.82, 2.24) is 10.5 Å². The Balaban J connectivity index is 1.99. The van der Waals surface area contributed by atoms with E-state index in [1.807, 2.05) is 45.0 Å². The molecule has 2 N–H and O–H groups in total. The average Bonchev–Trinajstić information content (AvgIpc) is 3.33. The molecule has 0 fully saturated rings. The third-order valence-corrected chi connectivity index (χ3v) is 6.52. The molecule has 2 aromatic carbocycles. The summed E-state index contributed by atoms with van der Waals surface area (Å²) in [5.74, 6) is 0.748. The standard InChI is InChI=1S/C31H40N4O5/c1-8-20(2)22-9-13-24(14-10-22)35(28(37)18-17-27(36)32-26-19-21(3)40-34-26)29(30(38)33-31(4,5)6)23-11-15-25(39-7)16-12-23/h9-16,19-20,29H,8,17-18H2,1-7H3,(H,33,38)(H,32,34,36)/t20-,29-/m1/s1. The zero-order chi connectivity index (χ0) is 29.4. The van der Waals surface area contributed by atoms with E-state index in [2.05, 4.69) is 29.6 Å². The molecular formula is C31H40N4O5. The average molecular weight is 549 g/mol.